The second-order valence-corrected chi connectivity index (χ2v) is 9.55. The fourth-order valence-electron chi connectivity index (χ4n) is 3.39. The molecule has 16 nitrogen and oxygen atoms in total. The molecule has 0 bridgehead atoms. The Bertz CT molecular complexity index is 854. The lowest BCUT2D eigenvalue weighted by atomic mass is 10.0. The van der Waals surface area contributed by atoms with Gasteiger partial charge >= 0.3 is 5.97 Å². The zero-order chi connectivity index (χ0) is 30.3. The van der Waals surface area contributed by atoms with Crippen molar-refractivity contribution in [3.63, 3.8) is 0 Å². The number of rotatable bonds is 19. The number of aliphatic carboxylic acids is 1. The normalized spacial score (nSPS) is 15.7. The van der Waals surface area contributed by atoms with Crippen LogP contribution in [-0.2, 0) is 28.8 Å². The van der Waals surface area contributed by atoms with Crippen LogP contribution >= 0.6 is 0 Å². The Labute approximate surface area is 227 Å². The van der Waals surface area contributed by atoms with Crippen molar-refractivity contribution >= 4 is 35.5 Å². The third-order valence-electron chi connectivity index (χ3n) is 5.75. The van der Waals surface area contributed by atoms with Crippen molar-refractivity contribution < 1.29 is 39.0 Å². The molecule has 0 spiro atoms. The average molecular weight is 561 g/mol. The molecule has 0 saturated carbocycles. The van der Waals surface area contributed by atoms with Crippen molar-refractivity contribution in [1.82, 2.24) is 21.3 Å². The number of hydrogen-bond donors (Lipinski definition) is 10. The van der Waals surface area contributed by atoms with Crippen molar-refractivity contribution in [1.29, 1.82) is 0 Å². The van der Waals surface area contributed by atoms with Gasteiger partial charge in [-0.05, 0) is 51.6 Å². The second kappa shape index (κ2) is 18.0. The van der Waals surface area contributed by atoms with E-state index in [1.165, 1.54) is 6.92 Å². The Kier molecular flexibility index (Phi) is 16.5. The molecule has 0 rings (SSSR count). The van der Waals surface area contributed by atoms with E-state index in [0.717, 1.165) is 0 Å². The molecule has 0 aliphatic rings. The van der Waals surface area contributed by atoms with E-state index in [-0.39, 0.29) is 25.9 Å². The Morgan fingerprint density at radius 3 is 1.62 bits per heavy atom. The Balaban J connectivity index is 5.72. The van der Waals surface area contributed by atoms with E-state index in [0.29, 0.717) is 12.8 Å². The lowest BCUT2D eigenvalue weighted by molar-refractivity contribution is -0.142. The Morgan fingerprint density at radius 1 is 0.718 bits per heavy atom. The van der Waals surface area contributed by atoms with Crippen LogP contribution in [0.4, 0.5) is 0 Å². The number of carbonyl (C=O) groups is 6. The fraction of sp³-hybridized carbons (Fsp3) is 0.739. The van der Waals surface area contributed by atoms with Crippen LogP contribution in [0.3, 0.4) is 0 Å². The van der Waals surface area contributed by atoms with Crippen molar-refractivity contribution in [2.45, 2.75) is 89.2 Å². The number of nitrogens with one attached hydrogen (secondary N) is 4. The van der Waals surface area contributed by atoms with Gasteiger partial charge in [0.1, 0.15) is 30.2 Å². The van der Waals surface area contributed by atoms with Gasteiger partial charge in [0.2, 0.25) is 29.5 Å². The highest BCUT2D eigenvalue weighted by atomic mass is 16.4. The number of carboxylic acid groups (broad SMARTS) is 1. The van der Waals surface area contributed by atoms with Gasteiger partial charge in [0.05, 0.1) is 12.5 Å². The minimum Gasteiger partial charge on any atom is -0.480 e. The molecule has 0 fully saturated rings. The van der Waals surface area contributed by atoms with Crippen LogP contribution in [0, 0.1) is 5.92 Å². The molecule has 16 heteroatoms. The van der Waals surface area contributed by atoms with Crippen molar-refractivity contribution in [2.24, 2.45) is 28.9 Å². The number of nitrogens with two attached hydrogens (primary N) is 4. The van der Waals surface area contributed by atoms with Crippen LogP contribution in [0.15, 0.2) is 0 Å². The third kappa shape index (κ3) is 13.3. The molecule has 14 N–H and O–H groups in total. The third-order valence-corrected chi connectivity index (χ3v) is 5.75. The molecule has 0 aromatic carbocycles. The summed E-state index contributed by atoms with van der Waals surface area (Å²) in [5.41, 5.74) is 21.8. The van der Waals surface area contributed by atoms with Gasteiger partial charge in [-0.2, -0.15) is 0 Å². The van der Waals surface area contributed by atoms with Crippen molar-refractivity contribution in [2.75, 3.05) is 13.1 Å². The maximum atomic E-state index is 13.1. The summed E-state index contributed by atoms with van der Waals surface area (Å²) in [6.07, 6.45) is -1.03. The molecule has 224 valence electrons. The number of primary amides is 1. The lowest BCUT2D eigenvalue weighted by Gasteiger charge is -2.28. The van der Waals surface area contributed by atoms with Gasteiger partial charge in [-0.25, -0.2) is 4.79 Å². The summed E-state index contributed by atoms with van der Waals surface area (Å²) >= 11 is 0. The summed E-state index contributed by atoms with van der Waals surface area (Å²) in [4.78, 5) is 74.3. The van der Waals surface area contributed by atoms with Gasteiger partial charge in [-0.3, -0.25) is 24.0 Å². The van der Waals surface area contributed by atoms with E-state index in [2.05, 4.69) is 21.3 Å². The van der Waals surface area contributed by atoms with E-state index >= 15 is 0 Å². The molecular formula is C23H44N8O8. The summed E-state index contributed by atoms with van der Waals surface area (Å²) in [7, 11) is 0. The van der Waals surface area contributed by atoms with Crippen LogP contribution in [0.5, 0.6) is 0 Å². The second-order valence-electron chi connectivity index (χ2n) is 9.55. The predicted octanol–water partition coefficient (Wildman–Crippen LogP) is -4.27. The van der Waals surface area contributed by atoms with Crippen LogP contribution in [0.1, 0.15) is 52.9 Å². The SMILES string of the molecule is CC(C)[C@H](NC(=O)[C@H](CCCN)NC(=O)[C@@H](N)[C@@H](C)O)C(=O)N[C@@H](CC(N)=O)C(=O)N[C@@H](CCCN)C(=O)O. The first-order valence-corrected chi connectivity index (χ1v) is 12.7. The Hall–Kier alpha value is -3.34. The maximum Gasteiger partial charge on any atom is 0.326 e. The first-order chi connectivity index (χ1) is 18.2. The molecule has 0 heterocycles. The highest BCUT2D eigenvalue weighted by Gasteiger charge is 2.33. The maximum absolute atomic E-state index is 13.1. The number of amides is 5. The summed E-state index contributed by atoms with van der Waals surface area (Å²) in [5, 5.41) is 28.5. The minimum absolute atomic E-state index is 0.0219. The van der Waals surface area contributed by atoms with Crippen LogP contribution in [-0.4, -0.2) is 95.1 Å². The van der Waals surface area contributed by atoms with Gasteiger partial charge in [0, 0.05) is 0 Å². The quantitative estimate of drug-likeness (QED) is 0.0721. The number of aliphatic hydroxyl groups excluding tert-OH is 1. The largest absolute Gasteiger partial charge is 0.480 e. The molecule has 39 heavy (non-hydrogen) atoms. The lowest BCUT2D eigenvalue weighted by Crippen LogP contribution is -2.60. The molecule has 5 amide bonds. The molecular weight excluding hydrogens is 516 g/mol. The van der Waals surface area contributed by atoms with Crippen LogP contribution < -0.4 is 44.2 Å². The highest BCUT2D eigenvalue weighted by Crippen LogP contribution is 2.07. The predicted molar refractivity (Wildman–Crippen MR) is 140 cm³/mol. The minimum atomic E-state index is -1.52. The highest BCUT2D eigenvalue weighted by molar-refractivity contribution is 5.97. The van der Waals surface area contributed by atoms with Crippen LogP contribution in [0.25, 0.3) is 0 Å². The zero-order valence-corrected chi connectivity index (χ0v) is 22.6. The summed E-state index contributed by atoms with van der Waals surface area (Å²) in [6.45, 7) is 4.93. The Morgan fingerprint density at radius 2 is 1.18 bits per heavy atom. The monoisotopic (exact) mass is 560 g/mol. The molecule has 0 aromatic heterocycles. The molecule has 0 radical (unpaired) electrons. The number of carboxylic acids is 1. The number of aliphatic hydroxyl groups is 1. The number of hydrogen-bond acceptors (Lipinski definition) is 10. The van der Waals surface area contributed by atoms with E-state index < -0.39 is 84.2 Å². The van der Waals surface area contributed by atoms with Gasteiger partial charge in [-0.1, -0.05) is 13.8 Å². The average Bonchev–Trinajstić information content (AvgIpc) is 2.85. The number of carbonyl (C=O) groups excluding carboxylic acids is 5. The van der Waals surface area contributed by atoms with Gasteiger partial charge in [0.15, 0.2) is 0 Å². The van der Waals surface area contributed by atoms with Gasteiger partial charge < -0.3 is 54.4 Å². The fourth-order valence-corrected chi connectivity index (χ4v) is 3.39. The molecule has 0 saturated heterocycles. The molecule has 0 unspecified atom stereocenters. The van der Waals surface area contributed by atoms with Crippen molar-refractivity contribution in [3.8, 4) is 0 Å². The van der Waals surface area contributed by atoms with Crippen LogP contribution in [0.2, 0.25) is 0 Å². The zero-order valence-electron chi connectivity index (χ0n) is 22.6. The van der Waals surface area contributed by atoms with Crippen molar-refractivity contribution in [3.05, 3.63) is 0 Å². The van der Waals surface area contributed by atoms with E-state index in [4.69, 9.17) is 22.9 Å². The summed E-state index contributed by atoms with van der Waals surface area (Å²) < 4.78 is 0. The smallest absolute Gasteiger partial charge is 0.326 e. The van der Waals surface area contributed by atoms with E-state index in [1.54, 1.807) is 13.8 Å². The standard InChI is InChI=1S/C23H44N8O8/c1-11(2)18(31-19(34)13(6-4-8-24)28-21(36)17(27)12(3)32)22(37)30-15(10-16(26)33)20(35)29-14(23(38)39)7-5-9-25/h11-15,17-18,32H,4-10,24-25,27H2,1-3H3,(H2,26,33)(H,28,36)(H,29,35)(H,30,37)(H,31,34)(H,38,39)/t12-,13+,14+,15+,17+,18+/m1/s1. The molecule has 0 aliphatic heterocycles. The van der Waals surface area contributed by atoms with E-state index in [1.807, 2.05) is 0 Å². The summed E-state index contributed by atoms with van der Waals surface area (Å²) in [5.74, 6) is -6.12. The topological polar surface area (TPSA) is 295 Å². The van der Waals surface area contributed by atoms with E-state index in [9.17, 15) is 39.0 Å². The first kappa shape index (κ1) is 35.7. The molecule has 6 atom stereocenters. The molecule has 0 aliphatic carbocycles. The molecule has 0 aromatic rings. The van der Waals surface area contributed by atoms with Gasteiger partial charge in [0.25, 0.3) is 0 Å². The summed E-state index contributed by atoms with van der Waals surface area (Å²) in [6, 6.07) is -6.49. The first-order valence-electron chi connectivity index (χ1n) is 12.7. The van der Waals surface area contributed by atoms with Gasteiger partial charge in [-0.15, -0.1) is 0 Å².